The fourth-order valence-corrected chi connectivity index (χ4v) is 1.09. The van der Waals surface area contributed by atoms with Gasteiger partial charge < -0.3 is 5.32 Å². The lowest BCUT2D eigenvalue weighted by Gasteiger charge is -2.02. The fourth-order valence-electron chi connectivity index (χ4n) is 0.929. The lowest BCUT2D eigenvalue weighted by molar-refractivity contribution is -0.114. The van der Waals surface area contributed by atoms with E-state index in [0.717, 1.165) is 0 Å². The van der Waals surface area contributed by atoms with Gasteiger partial charge in [-0.1, -0.05) is 11.6 Å². The van der Waals surface area contributed by atoms with E-state index in [0.29, 0.717) is 10.7 Å². The molecule has 0 unspecified atom stereocenters. The minimum absolute atomic E-state index is 0.201. The molecule has 0 heterocycles. The predicted octanol–water partition coefficient (Wildman–Crippen LogP) is 2.27. The van der Waals surface area contributed by atoms with Gasteiger partial charge in [0.25, 0.3) is 0 Å². The number of aliphatic imine (C=N–C) groups is 1. The van der Waals surface area contributed by atoms with Crippen LogP contribution in [0.3, 0.4) is 0 Å². The highest BCUT2D eigenvalue weighted by molar-refractivity contribution is 6.33. The second-order valence-electron chi connectivity index (χ2n) is 2.55. The van der Waals surface area contributed by atoms with Gasteiger partial charge in [-0.2, -0.15) is 4.99 Å². The van der Waals surface area contributed by atoms with Crippen molar-refractivity contribution >= 4 is 35.0 Å². The summed E-state index contributed by atoms with van der Waals surface area (Å²) < 4.78 is 0. The number of nitrogens with one attached hydrogen (secondary N) is 1. The smallest absolute Gasteiger partial charge is 0.240 e. The molecule has 0 bridgehead atoms. The maximum Gasteiger partial charge on any atom is 0.240 e. The molecule has 0 radical (unpaired) electrons. The Balaban J connectivity index is 3.05. The van der Waals surface area contributed by atoms with Crippen LogP contribution < -0.4 is 5.32 Å². The first-order chi connectivity index (χ1) is 6.63. The molecule has 0 aliphatic carbocycles. The quantitative estimate of drug-likeness (QED) is 0.601. The van der Waals surface area contributed by atoms with Crippen LogP contribution in [-0.4, -0.2) is 12.0 Å². The van der Waals surface area contributed by atoms with Gasteiger partial charge in [-0.3, -0.25) is 4.79 Å². The number of benzene rings is 1. The molecule has 0 aliphatic heterocycles. The Hall–Kier alpha value is -1.64. The van der Waals surface area contributed by atoms with E-state index in [4.69, 9.17) is 11.6 Å². The Bertz CT molecular complexity index is 411. The van der Waals surface area contributed by atoms with Gasteiger partial charge in [0.05, 0.1) is 10.7 Å². The van der Waals surface area contributed by atoms with Crippen molar-refractivity contribution in [3.63, 3.8) is 0 Å². The lowest BCUT2D eigenvalue weighted by atomic mass is 10.3. The molecule has 14 heavy (non-hydrogen) atoms. The molecule has 0 atom stereocenters. The fraction of sp³-hybridized carbons (Fsp3) is 0.111. The van der Waals surface area contributed by atoms with Crippen LogP contribution in [0.5, 0.6) is 0 Å². The maximum absolute atomic E-state index is 10.7. The van der Waals surface area contributed by atoms with E-state index in [1.165, 1.54) is 19.1 Å². The average molecular weight is 211 g/mol. The van der Waals surface area contributed by atoms with Crippen molar-refractivity contribution in [2.75, 3.05) is 5.32 Å². The molecular formula is C9H7ClN2O2. The van der Waals surface area contributed by atoms with E-state index in [1.54, 1.807) is 12.1 Å². The van der Waals surface area contributed by atoms with Crippen LogP contribution in [0.25, 0.3) is 0 Å². The van der Waals surface area contributed by atoms with Gasteiger partial charge in [-0.15, -0.1) is 0 Å². The molecule has 0 aliphatic rings. The SMILES string of the molecule is CC(=O)Nc1ccc(Cl)c(N=C=O)c1. The zero-order valence-corrected chi connectivity index (χ0v) is 8.13. The third-order valence-corrected chi connectivity index (χ3v) is 1.75. The molecule has 72 valence electrons. The van der Waals surface area contributed by atoms with Gasteiger partial charge in [0, 0.05) is 12.6 Å². The summed E-state index contributed by atoms with van der Waals surface area (Å²) >= 11 is 5.73. The summed E-state index contributed by atoms with van der Waals surface area (Å²) in [5.41, 5.74) is 0.823. The molecule has 0 aromatic heterocycles. The minimum Gasteiger partial charge on any atom is -0.326 e. The van der Waals surface area contributed by atoms with Crippen molar-refractivity contribution in [2.45, 2.75) is 6.92 Å². The Morgan fingerprint density at radius 2 is 2.29 bits per heavy atom. The summed E-state index contributed by atoms with van der Waals surface area (Å²) in [5, 5.41) is 2.88. The Morgan fingerprint density at radius 3 is 2.86 bits per heavy atom. The summed E-state index contributed by atoms with van der Waals surface area (Å²) in [6, 6.07) is 4.66. The maximum atomic E-state index is 10.7. The first-order valence-electron chi connectivity index (χ1n) is 3.78. The molecule has 0 spiro atoms. The highest BCUT2D eigenvalue weighted by atomic mass is 35.5. The van der Waals surface area contributed by atoms with Gasteiger partial charge in [-0.05, 0) is 18.2 Å². The largest absolute Gasteiger partial charge is 0.326 e. The van der Waals surface area contributed by atoms with E-state index >= 15 is 0 Å². The molecule has 1 rings (SSSR count). The summed E-state index contributed by atoms with van der Waals surface area (Å²) in [5.74, 6) is -0.201. The van der Waals surface area contributed by atoms with Gasteiger partial charge >= 0.3 is 0 Å². The first-order valence-corrected chi connectivity index (χ1v) is 4.16. The number of nitrogens with zero attached hydrogens (tertiary/aromatic N) is 1. The number of anilines is 1. The van der Waals surface area contributed by atoms with Crippen molar-refractivity contribution in [2.24, 2.45) is 4.99 Å². The third kappa shape index (κ3) is 2.69. The molecular weight excluding hydrogens is 204 g/mol. The van der Waals surface area contributed by atoms with Crippen LogP contribution in [0.1, 0.15) is 6.92 Å². The number of halogens is 1. The summed E-state index contributed by atoms with van der Waals surface area (Å²) in [6.07, 6.45) is 1.38. The molecule has 0 fully saturated rings. The highest BCUT2D eigenvalue weighted by Crippen LogP contribution is 2.27. The van der Waals surface area contributed by atoms with Crippen molar-refractivity contribution < 1.29 is 9.59 Å². The predicted molar refractivity (Wildman–Crippen MR) is 53.5 cm³/mol. The molecule has 1 N–H and O–H groups in total. The van der Waals surface area contributed by atoms with Crippen molar-refractivity contribution in [3.05, 3.63) is 23.2 Å². The number of carbonyl (C=O) groups excluding carboxylic acids is 2. The van der Waals surface area contributed by atoms with Crippen LogP contribution in [0, 0.1) is 0 Å². The number of hydrogen-bond donors (Lipinski definition) is 1. The number of amides is 1. The highest BCUT2D eigenvalue weighted by Gasteiger charge is 2.01. The monoisotopic (exact) mass is 210 g/mol. The van der Waals surface area contributed by atoms with Crippen LogP contribution >= 0.6 is 11.6 Å². The topological polar surface area (TPSA) is 58.5 Å². The van der Waals surface area contributed by atoms with Gasteiger partial charge in [0.2, 0.25) is 12.0 Å². The Morgan fingerprint density at radius 1 is 1.57 bits per heavy atom. The zero-order chi connectivity index (χ0) is 10.6. The normalized spacial score (nSPS) is 9.00. The number of rotatable bonds is 2. The van der Waals surface area contributed by atoms with Gasteiger partial charge in [-0.25, -0.2) is 4.79 Å². The molecule has 1 amide bonds. The van der Waals surface area contributed by atoms with Crippen molar-refractivity contribution in [1.82, 2.24) is 0 Å². The molecule has 0 saturated carbocycles. The Kier molecular flexibility index (Phi) is 3.40. The number of carbonyl (C=O) groups is 1. The van der Waals surface area contributed by atoms with E-state index in [1.807, 2.05) is 0 Å². The molecule has 1 aromatic rings. The molecule has 1 aromatic carbocycles. The zero-order valence-electron chi connectivity index (χ0n) is 7.37. The first kappa shape index (κ1) is 10.4. The van der Waals surface area contributed by atoms with Gasteiger partial charge in [0.15, 0.2) is 0 Å². The second-order valence-corrected chi connectivity index (χ2v) is 2.96. The van der Waals surface area contributed by atoms with Crippen molar-refractivity contribution in [1.29, 1.82) is 0 Å². The lowest BCUT2D eigenvalue weighted by Crippen LogP contribution is -2.05. The molecule has 4 nitrogen and oxygen atoms in total. The van der Waals surface area contributed by atoms with E-state index in [9.17, 15) is 9.59 Å². The van der Waals surface area contributed by atoms with Crippen LogP contribution in [0.4, 0.5) is 11.4 Å². The summed E-state index contributed by atoms with van der Waals surface area (Å²) in [4.78, 5) is 24.1. The van der Waals surface area contributed by atoms with E-state index < -0.39 is 0 Å². The van der Waals surface area contributed by atoms with Crippen molar-refractivity contribution in [3.8, 4) is 0 Å². The Labute approximate surface area is 85.6 Å². The van der Waals surface area contributed by atoms with Crippen LogP contribution in [-0.2, 0) is 9.59 Å². The van der Waals surface area contributed by atoms with Crippen LogP contribution in [0.15, 0.2) is 23.2 Å². The number of hydrogen-bond acceptors (Lipinski definition) is 3. The molecule has 0 saturated heterocycles. The number of isocyanates is 1. The van der Waals surface area contributed by atoms with E-state index in [-0.39, 0.29) is 11.6 Å². The minimum atomic E-state index is -0.201. The third-order valence-electron chi connectivity index (χ3n) is 1.43. The van der Waals surface area contributed by atoms with E-state index in [2.05, 4.69) is 10.3 Å². The van der Waals surface area contributed by atoms with Crippen LogP contribution in [0.2, 0.25) is 5.02 Å². The summed E-state index contributed by atoms with van der Waals surface area (Å²) in [6.45, 7) is 1.39. The second kappa shape index (κ2) is 4.56. The van der Waals surface area contributed by atoms with Gasteiger partial charge in [0.1, 0.15) is 0 Å². The summed E-state index contributed by atoms with van der Waals surface area (Å²) in [7, 11) is 0. The molecule has 5 heteroatoms. The standard InChI is InChI=1S/C9H7ClN2O2/c1-6(14)12-7-2-3-8(10)9(4-7)11-5-13/h2-4H,1H3,(H,12,14). The average Bonchev–Trinajstić information content (AvgIpc) is 2.10.